The number of hydrogen-bond acceptors (Lipinski definition) is 2. The lowest BCUT2D eigenvalue weighted by atomic mass is 10.3. The van der Waals surface area contributed by atoms with Gasteiger partial charge in [-0.25, -0.2) is 0 Å². The molecule has 0 aliphatic rings. The quantitative estimate of drug-likeness (QED) is 0.622. The molecule has 2 heteroatoms. The van der Waals surface area contributed by atoms with E-state index in [1.165, 1.54) is 0 Å². The minimum atomic E-state index is 0.0324. The average molecular weight is 132 g/mol. The summed E-state index contributed by atoms with van der Waals surface area (Å²) in [7, 11) is 0. The highest BCUT2D eigenvalue weighted by Gasteiger charge is 2.05. The van der Waals surface area contributed by atoms with E-state index < -0.39 is 0 Å². The number of aliphatic hydroxyl groups is 1. The van der Waals surface area contributed by atoms with E-state index in [0.29, 0.717) is 0 Å². The molecule has 0 aromatic rings. The van der Waals surface area contributed by atoms with Crippen molar-refractivity contribution in [3.63, 3.8) is 0 Å². The zero-order valence-electron chi connectivity index (χ0n) is 6.42. The number of hydrogen-bond donors (Lipinski definition) is 1. The van der Waals surface area contributed by atoms with Crippen LogP contribution in [0.15, 0.2) is 0 Å². The van der Waals surface area contributed by atoms with Gasteiger partial charge in [0.2, 0.25) is 0 Å². The maximum absolute atomic E-state index is 8.65. The molecule has 0 bridgehead atoms. The molecular weight excluding hydrogens is 116 g/mol. The Labute approximate surface area is 56.8 Å². The van der Waals surface area contributed by atoms with Crippen LogP contribution in [0, 0.1) is 0 Å². The molecule has 1 N–H and O–H groups in total. The van der Waals surface area contributed by atoms with E-state index in [1.54, 1.807) is 0 Å². The van der Waals surface area contributed by atoms with Crippen molar-refractivity contribution in [2.45, 2.75) is 39.4 Å². The Hall–Kier alpha value is -0.0800. The van der Waals surface area contributed by atoms with Gasteiger partial charge in [0, 0.05) is 0 Å². The first-order valence-electron chi connectivity index (χ1n) is 3.47. The maximum Gasteiger partial charge on any atom is 0.0806 e. The third-order valence-electron chi connectivity index (χ3n) is 1.12. The summed E-state index contributed by atoms with van der Waals surface area (Å²) in [6.45, 7) is 6.08. The van der Waals surface area contributed by atoms with Gasteiger partial charge in [-0.1, -0.05) is 6.92 Å². The summed E-state index contributed by atoms with van der Waals surface area (Å²) >= 11 is 0. The summed E-state index contributed by atoms with van der Waals surface area (Å²) < 4.78 is 5.30. The van der Waals surface area contributed by atoms with Gasteiger partial charge < -0.3 is 9.84 Å². The van der Waals surface area contributed by atoms with E-state index in [4.69, 9.17) is 9.84 Å². The average Bonchev–Trinajstić information content (AvgIpc) is 1.82. The zero-order valence-corrected chi connectivity index (χ0v) is 6.42. The lowest BCUT2D eigenvalue weighted by Gasteiger charge is -2.15. The number of aliphatic hydroxyl groups excluding tert-OH is 1. The van der Waals surface area contributed by atoms with Crippen molar-refractivity contribution >= 4 is 0 Å². The van der Waals surface area contributed by atoms with Crippen molar-refractivity contribution in [2.75, 3.05) is 6.61 Å². The van der Waals surface area contributed by atoms with Crippen molar-refractivity contribution < 1.29 is 9.84 Å². The molecule has 0 heterocycles. The Morgan fingerprint density at radius 2 is 2.00 bits per heavy atom. The highest BCUT2D eigenvalue weighted by Crippen LogP contribution is 2.00. The van der Waals surface area contributed by atoms with Crippen LogP contribution in [0.2, 0.25) is 0 Å². The monoisotopic (exact) mass is 132 g/mol. The fourth-order valence-electron chi connectivity index (χ4n) is 0.653. The van der Waals surface area contributed by atoms with Crippen LogP contribution in [-0.2, 0) is 4.74 Å². The Bertz CT molecular complexity index is 57.9. The van der Waals surface area contributed by atoms with Gasteiger partial charge in [0.05, 0.1) is 18.8 Å². The SMILES string of the molecule is CC[C@@H](CO)OC(C)C. The largest absolute Gasteiger partial charge is 0.394 e. The normalized spacial score (nSPS) is 14.3. The molecule has 2 nitrogen and oxygen atoms in total. The summed E-state index contributed by atoms with van der Waals surface area (Å²) in [5.41, 5.74) is 0. The van der Waals surface area contributed by atoms with E-state index in [9.17, 15) is 0 Å². The fourth-order valence-corrected chi connectivity index (χ4v) is 0.653. The molecule has 0 amide bonds. The molecule has 0 radical (unpaired) electrons. The van der Waals surface area contributed by atoms with E-state index in [1.807, 2.05) is 20.8 Å². The molecule has 0 saturated carbocycles. The van der Waals surface area contributed by atoms with Gasteiger partial charge in [-0.15, -0.1) is 0 Å². The molecule has 0 unspecified atom stereocenters. The first-order chi connectivity index (χ1) is 4.20. The van der Waals surface area contributed by atoms with Crippen LogP contribution < -0.4 is 0 Å². The minimum absolute atomic E-state index is 0.0324. The second-order valence-corrected chi connectivity index (χ2v) is 2.40. The molecule has 56 valence electrons. The highest BCUT2D eigenvalue weighted by atomic mass is 16.5. The first-order valence-corrected chi connectivity index (χ1v) is 3.47. The van der Waals surface area contributed by atoms with Crippen LogP contribution >= 0.6 is 0 Å². The Kier molecular flexibility index (Phi) is 4.72. The van der Waals surface area contributed by atoms with E-state index in [-0.39, 0.29) is 18.8 Å². The molecular formula is C7H16O2. The first kappa shape index (κ1) is 8.92. The summed E-state index contributed by atoms with van der Waals surface area (Å²) in [5.74, 6) is 0. The minimum Gasteiger partial charge on any atom is -0.394 e. The number of rotatable bonds is 4. The van der Waals surface area contributed by atoms with Gasteiger partial charge in [0.1, 0.15) is 0 Å². The molecule has 0 rings (SSSR count). The molecule has 9 heavy (non-hydrogen) atoms. The molecule has 0 aromatic carbocycles. The molecule has 0 spiro atoms. The molecule has 0 aliphatic carbocycles. The standard InChI is InChI=1S/C7H16O2/c1-4-7(5-8)9-6(2)3/h6-8H,4-5H2,1-3H3/t7-/m0/s1. The molecule has 1 atom stereocenters. The van der Waals surface area contributed by atoms with Gasteiger partial charge in [-0.2, -0.15) is 0 Å². The Morgan fingerprint density at radius 3 is 2.11 bits per heavy atom. The second-order valence-electron chi connectivity index (χ2n) is 2.40. The highest BCUT2D eigenvalue weighted by molar-refractivity contribution is 4.52. The van der Waals surface area contributed by atoms with Crippen molar-refractivity contribution in [3.8, 4) is 0 Å². The van der Waals surface area contributed by atoms with Gasteiger partial charge >= 0.3 is 0 Å². The van der Waals surface area contributed by atoms with E-state index >= 15 is 0 Å². The van der Waals surface area contributed by atoms with E-state index in [2.05, 4.69) is 0 Å². The van der Waals surface area contributed by atoms with Crippen molar-refractivity contribution in [2.24, 2.45) is 0 Å². The van der Waals surface area contributed by atoms with Crippen molar-refractivity contribution in [1.29, 1.82) is 0 Å². The van der Waals surface area contributed by atoms with Gasteiger partial charge in [-0.3, -0.25) is 0 Å². The second kappa shape index (κ2) is 4.77. The van der Waals surface area contributed by atoms with Gasteiger partial charge in [-0.05, 0) is 20.3 Å². The van der Waals surface area contributed by atoms with Crippen LogP contribution in [0.3, 0.4) is 0 Å². The summed E-state index contributed by atoms with van der Waals surface area (Å²) in [6.07, 6.45) is 1.14. The zero-order chi connectivity index (χ0) is 7.28. The summed E-state index contributed by atoms with van der Waals surface area (Å²) in [5, 5.41) is 8.65. The smallest absolute Gasteiger partial charge is 0.0806 e. The Balaban J connectivity index is 3.31. The third kappa shape index (κ3) is 4.43. The van der Waals surface area contributed by atoms with Crippen LogP contribution in [0.4, 0.5) is 0 Å². The molecule has 0 saturated heterocycles. The van der Waals surface area contributed by atoms with Gasteiger partial charge in [0.25, 0.3) is 0 Å². The van der Waals surface area contributed by atoms with E-state index in [0.717, 1.165) is 6.42 Å². The van der Waals surface area contributed by atoms with Crippen LogP contribution in [0.5, 0.6) is 0 Å². The fraction of sp³-hybridized carbons (Fsp3) is 1.00. The molecule has 0 fully saturated rings. The topological polar surface area (TPSA) is 29.5 Å². The van der Waals surface area contributed by atoms with Crippen molar-refractivity contribution in [1.82, 2.24) is 0 Å². The molecule has 0 aromatic heterocycles. The van der Waals surface area contributed by atoms with Gasteiger partial charge in [0.15, 0.2) is 0 Å². The lowest BCUT2D eigenvalue weighted by Crippen LogP contribution is -2.20. The van der Waals surface area contributed by atoms with Crippen LogP contribution in [0.25, 0.3) is 0 Å². The summed E-state index contributed by atoms with van der Waals surface area (Å²) in [4.78, 5) is 0. The molecule has 0 aliphatic heterocycles. The van der Waals surface area contributed by atoms with Crippen LogP contribution in [-0.4, -0.2) is 23.9 Å². The third-order valence-corrected chi connectivity index (χ3v) is 1.12. The Morgan fingerprint density at radius 1 is 1.44 bits per heavy atom. The number of ether oxygens (including phenoxy) is 1. The van der Waals surface area contributed by atoms with Crippen molar-refractivity contribution in [3.05, 3.63) is 0 Å². The van der Waals surface area contributed by atoms with Crippen LogP contribution in [0.1, 0.15) is 27.2 Å². The predicted molar refractivity (Wildman–Crippen MR) is 37.4 cm³/mol. The maximum atomic E-state index is 8.65. The lowest BCUT2D eigenvalue weighted by molar-refractivity contribution is -0.0244. The predicted octanol–water partition coefficient (Wildman–Crippen LogP) is 1.18. The summed E-state index contributed by atoms with van der Waals surface area (Å²) in [6, 6.07) is 0.